The summed E-state index contributed by atoms with van der Waals surface area (Å²) in [5.74, 6) is 5.56. The van der Waals surface area contributed by atoms with Crippen LogP contribution in [0.3, 0.4) is 0 Å². The van der Waals surface area contributed by atoms with Gasteiger partial charge in [0.1, 0.15) is 0 Å². The van der Waals surface area contributed by atoms with Crippen LogP contribution in [0.5, 0.6) is 0 Å². The predicted octanol–water partition coefficient (Wildman–Crippen LogP) is 5.01. The highest BCUT2D eigenvalue weighted by Gasteiger charge is 2.50. The van der Waals surface area contributed by atoms with Gasteiger partial charge in [0.25, 0.3) is 0 Å². The smallest absolute Gasteiger partial charge is 0.159 e. The van der Waals surface area contributed by atoms with Crippen LogP contribution in [0.4, 0.5) is 0 Å². The lowest BCUT2D eigenvalue weighted by atomic mass is 9.53. The third-order valence-corrected chi connectivity index (χ3v) is 7.37. The molecular formula is C20H30O. The van der Waals surface area contributed by atoms with Gasteiger partial charge in [0.05, 0.1) is 0 Å². The second kappa shape index (κ2) is 5.25. The average molecular weight is 286 g/mol. The summed E-state index contributed by atoms with van der Waals surface area (Å²) in [4.78, 5) is 12.8. The SMILES string of the molecule is CC(C)C1CCCC2C(=O)C=C3C4CCCC4CCC3C21. The number of ketones is 1. The van der Waals surface area contributed by atoms with E-state index < -0.39 is 0 Å². The van der Waals surface area contributed by atoms with Crippen molar-refractivity contribution in [1.82, 2.24) is 0 Å². The Bertz CT molecular complexity index is 460. The molecule has 0 N–H and O–H groups in total. The van der Waals surface area contributed by atoms with Crippen LogP contribution < -0.4 is 0 Å². The van der Waals surface area contributed by atoms with Crippen LogP contribution >= 0.6 is 0 Å². The van der Waals surface area contributed by atoms with Gasteiger partial charge in [0, 0.05) is 5.92 Å². The molecule has 1 heteroatoms. The third-order valence-electron chi connectivity index (χ3n) is 7.37. The fraction of sp³-hybridized carbons (Fsp3) is 0.850. The highest BCUT2D eigenvalue weighted by Crippen LogP contribution is 2.57. The van der Waals surface area contributed by atoms with E-state index in [4.69, 9.17) is 0 Å². The molecule has 6 unspecified atom stereocenters. The molecule has 0 aromatic heterocycles. The van der Waals surface area contributed by atoms with Crippen LogP contribution in [0, 0.1) is 41.4 Å². The second-order valence-electron chi connectivity index (χ2n) is 8.55. The van der Waals surface area contributed by atoms with Gasteiger partial charge in [-0.3, -0.25) is 4.79 Å². The normalized spacial score (nSPS) is 45.9. The first-order valence-electron chi connectivity index (χ1n) is 9.42. The highest BCUT2D eigenvalue weighted by atomic mass is 16.1. The van der Waals surface area contributed by atoms with Gasteiger partial charge in [-0.2, -0.15) is 0 Å². The standard InChI is InChI=1S/C20H30O/c1-12(2)14-6-4-8-17-19(21)11-18-15-7-3-5-13(15)9-10-16(18)20(14)17/h11-17,20H,3-10H2,1-2H3. The Labute approximate surface area is 129 Å². The monoisotopic (exact) mass is 286 g/mol. The van der Waals surface area contributed by atoms with Crippen molar-refractivity contribution in [3.05, 3.63) is 11.6 Å². The van der Waals surface area contributed by atoms with E-state index in [0.717, 1.165) is 29.6 Å². The Balaban J connectivity index is 1.71. The average Bonchev–Trinajstić information content (AvgIpc) is 2.95. The summed E-state index contributed by atoms with van der Waals surface area (Å²) < 4.78 is 0. The van der Waals surface area contributed by atoms with Gasteiger partial charge >= 0.3 is 0 Å². The van der Waals surface area contributed by atoms with Crippen molar-refractivity contribution in [3.8, 4) is 0 Å². The molecule has 3 saturated carbocycles. The van der Waals surface area contributed by atoms with Gasteiger partial charge in [-0.05, 0) is 80.1 Å². The molecule has 1 nitrogen and oxygen atoms in total. The maximum Gasteiger partial charge on any atom is 0.159 e. The van der Waals surface area contributed by atoms with Crippen molar-refractivity contribution in [3.63, 3.8) is 0 Å². The van der Waals surface area contributed by atoms with Crippen LogP contribution in [0.2, 0.25) is 0 Å². The molecular weight excluding hydrogens is 256 g/mol. The number of hydrogen-bond acceptors (Lipinski definition) is 1. The van der Waals surface area contributed by atoms with Gasteiger partial charge in [-0.15, -0.1) is 0 Å². The van der Waals surface area contributed by atoms with Crippen molar-refractivity contribution >= 4 is 5.78 Å². The number of carbonyl (C=O) groups is 1. The topological polar surface area (TPSA) is 17.1 Å². The predicted molar refractivity (Wildman–Crippen MR) is 85.8 cm³/mol. The van der Waals surface area contributed by atoms with Gasteiger partial charge in [-0.25, -0.2) is 0 Å². The van der Waals surface area contributed by atoms with E-state index in [1.54, 1.807) is 5.57 Å². The molecule has 0 radical (unpaired) electrons. The van der Waals surface area contributed by atoms with Crippen molar-refractivity contribution in [1.29, 1.82) is 0 Å². The quantitative estimate of drug-likeness (QED) is 0.662. The number of fused-ring (bicyclic) bond motifs is 5. The van der Waals surface area contributed by atoms with Crippen molar-refractivity contribution < 1.29 is 4.79 Å². The maximum atomic E-state index is 12.8. The maximum absolute atomic E-state index is 12.8. The van der Waals surface area contributed by atoms with Gasteiger partial charge in [-0.1, -0.05) is 32.3 Å². The third kappa shape index (κ3) is 2.14. The summed E-state index contributed by atoms with van der Waals surface area (Å²) in [5, 5.41) is 0. The van der Waals surface area contributed by atoms with Crippen molar-refractivity contribution in [2.75, 3.05) is 0 Å². The minimum Gasteiger partial charge on any atom is -0.295 e. The number of carbonyl (C=O) groups excluding carboxylic acids is 1. The van der Waals surface area contributed by atoms with Crippen LogP contribution in [-0.4, -0.2) is 5.78 Å². The minimum atomic E-state index is 0.373. The van der Waals surface area contributed by atoms with E-state index in [-0.39, 0.29) is 0 Å². The largest absolute Gasteiger partial charge is 0.295 e. The molecule has 0 saturated heterocycles. The Hall–Kier alpha value is -0.590. The summed E-state index contributed by atoms with van der Waals surface area (Å²) in [6.07, 6.45) is 13.0. The summed E-state index contributed by atoms with van der Waals surface area (Å²) in [6, 6.07) is 0. The fourth-order valence-corrected chi connectivity index (χ4v) is 6.50. The zero-order valence-electron chi connectivity index (χ0n) is 13.7. The molecule has 0 aromatic carbocycles. The fourth-order valence-electron chi connectivity index (χ4n) is 6.50. The number of hydrogen-bond donors (Lipinski definition) is 0. The molecule has 0 spiro atoms. The van der Waals surface area contributed by atoms with Crippen LogP contribution in [-0.2, 0) is 4.79 Å². The molecule has 0 amide bonds. The molecule has 4 aliphatic carbocycles. The van der Waals surface area contributed by atoms with Crippen molar-refractivity contribution in [2.24, 2.45) is 41.4 Å². The molecule has 4 rings (SSSR count). The summed E-state index contributed by atoms with van der Waals surface area (Å²) in [7, 11) is 0. The van der Waals surface area contributed by atoms with Crippen LogP contribution in [0.25, 0.3) is 0 Å². The van der Waals surface area contributed by atoms with Gasteiger partial charge in [0.15, 0.2) is 5.78 Å². The second-order valence-corrected chi connectivity index (χ2v) is 8.55. The molecule has 3 fully saturated rings. The van der Waals surface area contributed by atoms with E-state index in [9.17, 15) is 4.79 Å². The van der Waals surface area contributed by atoms with Gasteiger partial charge < -0.3 is 0 Å². The summed E-state index contributed by atoms with van der Waals surface area (Å²) in [5.41, 5.74) is 1.61. The molecule has 116 valence electrons. The molecule has 21 heavy (non-hydrogen) atoms. The highest BCUT2D eigenvalue weighted by molar-refractivity contribution is 5.94. The van der Waals surface area contributed by atoms with E-state index in [1.165, 1.54) is 51.4 Å². The van der Waals surface area contributed by atoms with E-state index in [0.29, 0.717) is 17.6 Å². The molecule has 0 aromatic rings. The first-order valence-corrected chi connectivity index (χ1v) is 9.42. The molecule has 0 aliphatic heterocycles. The molecule has 0 bridgehead atoms. The zero-order valence-corrected chi connectivity index (χ0v) is 13.7. The lowest BCUT2D eigenvalue weighted by molar-refractivity contribution is -0.125. The lowest BCUT2D eigenvalue weighted by Crippen LogP contribution is -2.46. The van der Waals surface area contributed by atoms with Crippen LogP contribution in [0.15, 0.2) is 11.6 Å². The molecule has 6 atom stereocenters. The van der Waals surface area contributed by atoms with Crippen LogP contribution in [0.1, 0.15) is 65.2 Å². The first kappa shape index (κ1) is 14.0. The molecule has 0 heterocycles. The summed E-state index contributed by atoms with van der Waals surface area (Å²) >= 11 is 0. The van der Waals surface area contributed by atoms with E-state index in [2.05, 4.69) is 19.9 Å². The van der Waals surface area contributed by atoms with E-state index >= 15 is 0 Å². The van der Waals surface area contributed by atoms with E-state index in [1.807, 2.05) is 0 Å². The minimum absolute atomic E-state index is 0.373. The lowest BCUT2D eigenvalue weighted by Gasteiger charge is -2.50. The van der Waals surface area contributed by atoms with Gasteiger partial charge in [0.2, 0.25) is 0 Å². The number of allylic oxidation sites excluding steroid dienone is 2. The number of rotatable bonds is 1. The summed E-state index contributed by atoms with van der Waals surface area (Å²) in [6.45, 7) is 4.77. The Morgan fingerprint density at radius 3 is 2.48 bits per heavy atom. The molecule has 4 aliphatic rings. The Morgan fingerprint density at radius 2 is 1.67 bits per heavy atom. The Morgan fingerprint density at radius 1 is 0.905 bits per heavy atom. The zero-order chi connectivity index (χ0) is 14.6. The van der Waals surface area contributed by atoms with Crippen molar-refractivity contribution in [2.45, 2.75) is 65.2 Å². The Kier molecular flexibility index (Phi) is 3.51. The first-order chi connectivity index (χ1) is 10.2.